The second kappa shape index (κ2) is 6.00. The largest absolute Gasteiger partial charge is 0.365 e. The topological polar surface area (TPSA) is 62.0 Å². The van der Waals surface area contributed by atoms with Crippen molar-refractivity contribution in [1.82, 2.24) is 4.98 Å². The van der Waals surface area contributed by atoms with E-state index in [1.54, 1.807) is 24.3 Å². The van der Waals surface area contributed by atoms with Crippen LogP contribution in [0, 0.1) is 0 Å². The van der Waals surface area contributed by atoms with E-state index in [0.29, 0.717) is 24.1 Å². The van der Waals surface area contributed by atoms with Gasteiger partial charge in [0.15, 0.2) is 5.78 Å². The van der Waals surface area contributed by atoms with Crippen LogP contribution in [0.2, 0.25) is 0 Å². The van der Waals surface area contributed by atoms with Gasteiger partial charge in [0.1, 0.15) is 0 Å². The van der Waals surface area contributed by atoms with Crippen LogP contribution < -0.4 is 5.32 Å². The second-order valence-electron chi connectivity index (χ2n) is 4.38. The van der Waals surface area contributed by atoms with E-state index in [1.807, 2.05) is 18.3 Å². The molecule has 19 heavy (non-hydrogen) atoms. The van der Waals surface area contributed by atoms with Crippen molar-refractivity contribution in [2.75, 3.05) is 5.32 Å². The van der Waals surface area contributed by atoms with Gasteiger partial charge in [0.2, 0.25) is 5.91 Å². The third-order valence-corrected chi connectivity index (χ3v) is 2.86. The number of aromatic amines is 1. The lowest BCUT2D eigenvalue weighted by Gasteiger charge is -2.05. The molecule has 0 spiro atoms. The third kappa shape index (κ3) is 3.81. The van der Waals surface area contributed by atoms with E-state index in [9.17, 15) is 9.59 Å². The standard InChI is InChI=1S/C15H16N2O2/c1-11(18)12-4-6-14(7-5-12)17-15(19)9-8-13-3-2-10-16-13/h2-7,10,16H,8-9H2,1H3,(H,17,19). The zero-order valence-electron chi connectivity index (χ0n) is 10.8. The quantitative estimate of drug-likeness (QED) is 0.808. The van der Waals surface area contributed by atoms with Crippen LogP contribution in [0.15, 0.2) is 42.6 Å². The molecule has 0 unspecified atom stereocenters. The van der Waals surface area contributed by atoms with Gasteiger partial charge in [-0.05, 0) is 49.7 Å². The number of anilines is 1. The lowest BCUT2D eigenvalue weighted by atomic mass is 10.1. The first kappa shape index (κ1) is 13.1. The van der Waals surface area contributed by atoms with E-state index in [1.165, 1.54) is 6.92 Å². The van der Waals surface area contributed by atoms with Gasteiger partial charge in [-0.15, -0.1) is 0 Å². The van der Waals surface area contributed by atoms with Crippen molar-refractivity contribution in [2.24, 2.45) is 0 Å². The van der Waals surface area contributed by atoms with Gasteiger partial charge in [-0.3, -0.25) is 9.59 Å². The smallest absolute Gasteiger partial charge is 0.224 e. The first-order valence-corrected chi connectivity index (χ1v) is 6.18. The molecule has 0 aliphatic carbocycles. The summed E-state index contributed by atoms with van der Waals surface area (Å²) in [4.78, 5) is 25.9. The molecule has 1 aromatic carbocycles. The molecule has 0 aliphatic heterocycles. The molecule has 2 N–H and O–H groups in total. The molecular formula is C15H16N2O2. The highest BCUT2D eigenvalue weighted by Gasteiger charge is 2.04. The van der Waals surface area contributed by atoms with Gasteiger partial charge >= 0.3 is 0 Å². The fourth-order valence-corrected chi connectivity index (χ4v) is 1.78. The van der Waals surface area contributed by atoms with E-state index in [0.717, 1.165) is 5.69 Å². The molecule has 4 heteroatoms. The predicted octanol–water partition coefficient (Wildman–Crippen LogP) is 2.79. The minimum atomic E-state index is -0.0369. The average molecular weight is 256 g/mol. The average Bonchev–Trinajstić information content (AvgIpc) is 2.90. The molecule has 0 aliphatic rings. The minimum absolute atomic E-state index is 0.0182. The molecule has 0 saturated carbocycles. The lowest BCUT2D eigenvalue weighted by molar-refractivity contribution is -0.116. The Kier molecular flexibility index (Phi) is 4.13. The molecule has 2 aromatic rings. The maximum absolute atomic E-state index is 11.7. The first-order valence-electron chi connectivity index (χ1n) is 6.18. The van der Waals surface area contributed by atoms with Crippen molar-refractivity contribution in [3.63, 3.8) is 0 Å². The number of Topliss-reactive ketones (excluding diaryl/α,β-unsaturated/α-hetero) is 1. The number of hydrogen-bond acceptors (Lipinski definition) is 2. The van der Waals surface area contributed by atoms with Crippen LogP contribution in [0.25, 0.3) is 0 Å². The summed E-state index contributed by atoms with van der Waals surface area (Å²) in [6, 6.07) is 10.8. The SMILES string of the molecule is CC(=O)c1ccc(NC(=O)CCc2ccc[nH]2)cc1. The Labute approximate surface area is 111 Å². The van der Waals surface area contributed by atoms with E-state index < -0.39 is 0 Å². The molecule has 0 fully saturated rings. The summed E-state index contributed by atoms with van der Waals surface area (Å²) in [6.45, 7) is 1.52. The number of carbonyl (C=O) groups excluding carboxylic acids is 2. The van der Waals surface area contributed by atoms with Crippen molar-refractivity contribution in [2.45, 2.75) is 19.8 Å². The Morgan fingerprint density at radius 3 is 2.47 bits per heavy atom. The summed E-state index contributed by atoms with van der Waals surface area (Å²) >= 11 is 0. The van der Waals surface area contributed by atoms with Gasteiger partial charge in [-0.25, -0.2) is 0 Å². The van der Waals surface area contributed by atoms with E-state index >= 15 is 0 Å². The zero-order chi connectivity index (χ0) is 13.7. The van der Waals surface area contributed by atoms with Crippen LogP contribution in [0.4, 0.5) is 5.69 Å². The Hall–Kier alpha value is -2.36. The highest BCUT2D eigenvalue weighted by molar-refractivity contribution is 5.95. The molecule has 0 radical (unpaired) electrons. The normalized spacial score (nSPS) is 10.2. The Balaban J connectivity index is 1.86. The highest BCUT2D eigenvalue weighted by atomic mass is 16.1. The summed E-state index contributed by atoms with van der Waals surface area (Å²) < 4.78 is 0. The third-order valence-electron chi connectivity index (χ3n) is 2.86. The fraction of sp³-hybridized carbons (Fsp3) is 0.200. The molecule has 0 saturated heterocycles. The van der Waals surface area contributed by atoms with E-state index in [-0.39, 0.29) is 11.7 Å². The summed E-state index contributed by atoms with van der Waals surface area (Å²) in [6.07, 6.45) is 2.95. The number of benzene rings is 1. The fourth-order valence-electron chi connectivity index (χ4n) is 1.78. The Morgan fingerprint density at radius 1 is 1.16 bits per heavy atom. The number of ketones is 1. The maximum atomic E-state index is 11.7. The van der Waals surface area contributed by atoms with Gasteiger partial charge in [-0.2, -0.15) is 0 Å². The van der Waals surface area contributed by atoms with Crippen molar-refractivity contribution in [3.05, 3.63) is 53.9 Å². The summed E-state index contributed by atoms with van der Waals surface area (Å²) in [7, 11) is 0. The van der Waals surface area contributed by atoms with Gasteiger partial charge in [-0.1, -0.05) is 0 Å². The van der Waals surface area contributed by atoms with Crippen LogP contribution >= 0.6 is 0 Å². The summed E-state index contributed by atoms with van der Waals surface area (Å²) in [5, 5.41) is 2.81. The van der Waals surface area contributed by atoms with E-state index in [4.69, 9.17) is 0 Å². The number of carbonyl (C=O) groups is 2. The molecule has 1 amide bonds. The monoisotopic (exact) mass is 256 g/mol. The lowest BCUT2D eigenvalue weighted by Crippen LogP contribution is -2.12. The maximum Gasteiger partial charge on any atom is 0.224 e. The Morgan fingerprint density at radius 2 is 1.89 bits per heavy atom. The van der Waals surface area contributed by atoms with Crippen LogP contribution in [0.1, 0.15) is 29.4 Å². The number of amides is 1. The van der Waals surface area contributed by atoms with Gasteiger partial charge in [0.05, 0.1) is 0 Å². The molecule has 0 bridgehead atoms. The number of H-pyrrole nitrogens is 1. The van der Waals surface area contributed by atoms with E-state index in [2.05, 4.69) is 10.3 Å². The molecular weight excluding hydrogens is 240 g/mol. The summed E-state index contributed by atoms with van der Waals surface area (Å²) in [5.74, 6) is -0.0187. The van der Waals surface area contributed by atoms with Crippen LogP contribution in [-0.2, 0) is 11.2 Å². The van der Waals surface area contributed by atoms with Gasteiger partial charge in [0, 0.05) is 29.6 Å². The number of aryl methyl sites for hydroxylation is 1. The molecule has 1 aromatic heterocycles. The molecule has 0 atom stereocenters. The minimum Gasteiger partial charge on any atom is -0.365 e. The van der Waals surface area contributed by atoms with Crippen molar-refractivity contribution in [1.29, 1.82) is 0 Å². The molecule has 98 valence electrons. The van der Waals surface area contributed by atoms with Crippen LogP contribution in [0.3, 0.4) is 0 Å². The number of nitrogens with one attached hydrogen (secondary N) is 2. The number of rotatable bonds is 5. The molecule has 1 heterocycles. The summed E-state index contributed by atoms with van der Waals surface area (Å²) in [5.41, 5.74) is 2.40. The van der Waals surface area contributed by atoms with Crippen LogP contribution in [0.5, 0.6) is 0 Å². The van der Waals surface area contributed by atoms with Crippen molar-refractivity contribution < 1.29 is 9.59 Å². The first-order chi connectivity index (χ1) is 9.15. The second-order valence-corrected chi connectivity index (χ2v) is 4.38. The zero-order valence-corrected chi connectivity index (χ0v) is 10.8. The van der Waals surface area contributed by atoms with Crippen molar-refractivity contribution in [3.8, 4) is 0 Å². The number of aromatic nitrogens is 1. The van der Waals surface area contributed by atoms with Crippen molar-refractivity contribution >= 4 is 17.4 Å². The molecule has 2 rings (SSSR count). The van der Waals surface area contributed by atoms with Gasteiger partial charge in [0.25, 0.3) is 0 Å². The molecule has 4 nitrogen and oxygen atoms in total. The van der Waals surface area contributed by atoms with Crippen LogP contribution in [-0.4, -0.2) is 16.7 Å². The number of hydrogen-bond donors (Lipinski definition) is 2. The predicted molar refractivity (Wildman–Crippen MR) is 74.2 cm³/mol. The highest BCUT2D eigenvalue weighted by Crippen LogP contribution is 2.11. The Bertz CT molecular complexity index is 556. The van der Waals surface area contributed by atoms with Gasteiger partial charge < -0.3 is 10.3 Å².